The number of benzene rings is 1. The number of nitrogens with zero attached hydrogens (tertiary/aromatic N) is 1. The van der Waals surface area contributed by atoms with Crippen molar-refractivity contribution in [3.05, 3.63) is 29.6 Å². The molecular weight excluding hydrogens is 247 g/mol. The van der Waals surface area contributed by atoms with Gasteiger partial charge in [-0.25, -0.2) is 4.39 Å². The van der Waals surface area contributed by atoms with E-state index >= 15 is 0 Å². The van der Waals surface area contributed by atoms with Crippen LogP contribution in [0.2, 0.25) is 0 Å². The summed E-state index contributed by atoms with van der Waals surface area (Å²) in [4.78, 5) is 13.0. The number of piperidine rings is 1. The lowest BCUT2D eigenvalue weighted by Crippen LogP contribution is -2.30. The maximum Gasteiger partial charge on any atom is 0.312 e. The molecule has 1 aromatic rings. The highest BCUT2D eigenvalue weighted by Gasteiger charge is 2.21. The first kappa shape index (κ1) is 13.8. The molecule has 0 aliphatic carbocycles. The number of carboxylic acids is 1. The van der Waals surface area contributed by atoms with Gasteiger partial charge in [-0.05, 0) is 37.0 Å². The van der Waals surface area contributed by atoms with Gasteiger partial charge in [-0.2, -0.15) is 0 Å². The van der Waals surface area contributed by atoms with Crippen LogP contribution in [0.1, 0.15) is 30.7 Å². The third-order valence-electron chi connectivity index (χ3n) is 3.60. The predicted molar refractivity (Wildman–Crippen MR) is 71.9 cm³/mol. The van der Waals surface area contributed by atoms with Crippen LogP contribution in [0.25, 0.3) is 0 Å². The number of hydrogen-bond donors (Lipinski definition) is 2. The van der Waals surface area contributed by atoms with E-state index in [1.807, 2.05) is 4.90 Å². The van der Waals surface area contributed by atoms with Gasteiger partial charge in [0.1, 0.15) is 5.82 Å². The third kappa shape index (κ3) is 3.04. The summed E-state index contributed by atoms with van der Waals surface area (Å²) in [5.74, 6) is -2.23. The molecule has 1 atom stereocenters. The van der Waals surface area contributed by atoms with Crippen LogP contribution in [0.4, 0.5) is 10.1 Å². The molecule has 3 N–H and O–H groups in total. The highest BCUT2D eigenvalue weighted by Crippen LogP contribution is 2.26. The van der Waals surface area contributed by atoms with Crippen molar-refractivity contribution in [1.29, 1.82) is 0 Å². The number of rotatable bonds is 4. The number of aliphatic carboxylic acids is 1. The Hall–Kier alpha value is -1.62. The van der Waals surface area contributed by atoms with E-state index in [2.05, 4.69) is 0 Å². The van der Waals surface area contributed by atoms with Crippen LogP contribution >= 0.6 is 0 Å². The van der Waals surface area contributed by atoms with E-state index in [0.29, 0.717) is 11.3 Å². The zero-order chi connectivity index (χ0) is 13.8. The molecule has 1 aliphatic heterocycles. The molecule has 2 rings (SSSR count). The lowest BCUT2D eigenvalue weighted by molar-refractivity contribution is -0.138. The lowest BCUT2D eigenvalue weighted by atomic mass is 9.98. The molecular formula is C14H19FN2O2. The number of hydrogen-bond acceptors (Lipinski definition) is 3. The molecule has 0 amide bonds. The maximum atomic E-state index is 14.1. The van der Waals surface area contributed by atoms with Crippen LogP contribution in [0.5, 0.6) is 0 Å². The highest BCUT2D eigenvalue weighted by molar-refractivity contribution is 5.76. The van der Waals surface area contributed by atoms with Gasteiger partial charge in [0.25, 0.3) is 0 Å². The minimum absolute atomic E-state index is 0.0299. The fourth-order valence-corrected chi connectivity index (χ4v) is 2.51. The molecule has 0 aromatic heterocycles. The van der Waals surface area contributed by atoms with Gasteiger partial charge in [0.05, 0.1) is 11.6 Å². The first-order valence-electron chi connectivity index (χ1n) is 6.60. The molecule has 0 saturated carbocycles. The zero-order valence-electron chi connectivity index (χ0n) is 10.8. The Bertz CT molecular complexity index is 459. The number of nitrogens with two attached hydrogens (primary N) is 1. The van der Waals surface area contributed by atoms with E-state index < -0.39 is 11.9 Å². The molecule has 1 heterocycles. The van der Waals surface area contributed by atoms with Gasteiger partial charge < -0.3 is 15.7 Å². The maximum absolute atomic E-state index is 14.1. The van der Waals surface area contributed by atoms with Crippen molar-refractivity contribution in [2.45, 2.75) is 25.2 Å². The Morgan fingerprint density at radius 1 is 1.37 bits per heavy atom. The van der Waals surface area contributed by atoms with Crippen LogP contribution in [-0.4, -0.2) is 30.7 Å². The minimum Gasteiger partial charge on any atom is -0.481 e. The second kappa shape index (κ2) is 6.02. The summed E-state index contributed by atoms with van der Waals surface area (Å²) in [6, 6.07) is 4.63. The molecule has 5 heteroatoms. The van der Waals surface area contributed by atoms with Crippen LogP contribution in [0.3, 0.4) is 0 Å². The Labute approximate surface area is 112 Å². The normalized spacial score (nSPS) is 17.3. The van der Waals surface area contributed by atoms with E-state index in [0.717, 1.165) is 25.9 Å². The first-order valence-corrected chi connectivity index (χ1v) is 6.60. The molecule has 0 radical (unpaired) electrons. The van der Waals surface area contributed by atoms with E-state index in [9.17, 15) is 9.18 Å². The number of carboxylic acid groups (broad SMARTS) is 1. The second-order valence-corrected chi connectivity index (χ2v) is 4.89. The molecule has 104 valence electrons. The molecule has 1 unspecified atom stereocenters. The van der Waals surface area contributed by atoms with Gasteiger partial charge in [0.2, 0.25) is 0 Å². The summed E-state index contributed by atoms with van der Waals surface area (Å²) < 4.78 is 14.1. The summed E-state index contributed by atoms with van der Waals surface area (Å²) in [7, 11) is 0. The van der Waals surface area contributed by atoms with E-state index in [-0.39, 0.29) is 12.4 Å². The summed E-state index contributed by atoms with van der Waals surface area (Å²) in [6.45, 7) is 1.68. The minimum atomic E-state index is -1.02. The topological polar surface area (TPSA) is 66.6 Å². The smallest absolute Gasteiger partial charge is 0.312 e. The number of anilines is 1. The van der Waals surface area contributed by atoms with Gasteiger partial charge in [0, 0.05) is 19.6 Å². The van der Waals surface area contributed by atoms with Gasteiger partial charge in [-0.3, -0.25) is 4.79 Å². The van der Waals surface area contributed by atoms with Crippen LogP contribution < -0.4 is 10.6 Å². The van der Waals surface area contributed by atoms with Gasteiger partial charge in [-0.1, -0.05) is 6.07 Å². The SMILES string of the molecule is NCC(C(=O)O)c1ccc(N2CCCCC2)c(F)c1. The fourth-order valence-electron chi connectivity index (χ4n) is 2.51. The molecule has 0 spiro atoms. The predicted octanol–water partition coefficient (Wildman–Crippen LogP) is 1.94. The van der Waals surface area contributed by atoms with Crippen molar-refractivity contribution in [3.8, 4) is 0 Å². The number of halogens is 1. The van der Waals surface area contributed by atoms with Crippen LogP contribution in [-0.2, 0) is 4.79 Å². The average Bonchev–Trinajstić information content (AvgIpc) is 2.40. The Kier molecular flexibility index (Phi) is 4.37. The Morgan fingerprint density at radius 2 is 2.05 bits per heavy atom. The third-order valence-corrected chi connectivity index (χ3v) is 3.60. The molecule has 1 saturated heterocycles. The quantitative estimate of drug-likeness (QED) is 0.874. The number of carbonyl (C=O) groups is 1. The molecule has 19 heavy (non-hydrogen) atoms. The van der Waals surface area contributed by atoms with Crippen molar-refractivity contribution in [2.24, 2.45) is 5.73 Å². The molecule has 1 aromatic carbocycles. The van der Waals surface area contributed by atoms with Gasteiger partial charge in [-0.15, -0.1) is 0 Å². The summed E-state index contributed by atoms with van der Waals surface area (Å²) in [6.07, 6.45) is 3.33. The largest absolute Gasteiger partial charge is 0.481 e. The van der Waals surface area contributed by atoms with Crippen molar-refractivity contribution in [1.82, 2.24) is 0 Å². The molecule has 0 bridgehead atoms. The molecule has 4 nitrogen and oxygen atoms in total. The van der Waals surface area contributed by atoms with Crippen molar-refractivity contribution in [2.75, 3.05) is 24.5 Å². The van der Waals surface area contributed by atoms with Crippen molar-refractivity contribution < 1.29 is 14.3 Å². The average molecular weight is 266 g/mol. The lowest BCUT2D eigenvalue weighted by Gasteiger charge is -2.29. The molecule has 1 fully saturated rings. The van der Waals surface area contributed by atoms with Crippen molar-refractivity contribution in [3.63, 3.8) is 0 Å². The Balaban J connectivity index is 2.23. The summed E-state index contributed by atoms with van der Waals surface area (Å²) in [5.41, 5.74) is 6.41. The first-order chi connectivity index (χ1) is 9.13. The highest BCUT2D eigenvalue weighted by atomic mass is 19.1. The van der Waals surface area contributed by atoms with Crippen molar-refractivity contribution >= 4 is 11.7 Å². The summed E-state index contributed by atoms with van der Waals surface area (Å²) in [5, 5.41) is 9.02. The van der Waals surface area contributed by atoms with E-state index in [1.165, 1.54) is 12.5 Å². The molecule has 1 aliphatic rings. The van der Waals surface area contributed by atoms with Crippen LogP contribution in [0, 0.1) is 5.82 Å². The van der Waals surface area contributed by atoms with Gasteiger partial charge in [0.15, 0.2) is 0 Å². The zero-order valence-corrected chi connectivity index (χ0v) is 10.8. The summed E-state index contributed by atoms with van der Waals surface area (Å²) >= 11 is 0. The monoisotopic (exact) mass is 266 g/mol. The Morgan fingerprint density at radius 3 is 2.58 bits per heavy atom. The van der Waals surface area contributed by atoms with E-state index in [1.54, 1.807) is 12.1 Å². The second-order valence-electron chi connectivity index (χ2n) is 4.89. The van der Waals surface area contributed by atoms with E-state index in [4.69, 9.17) is 10.8 Å². The van der Waals surface area contributed by atoms with Crippen LogP contribution in [0.15, 0.2) is 18.2 Å². The standard InChI is InChI=1S/C14H19FN2O2/c15-12-8-10(11(9-16)14(18)19)4-5-13(12)17-6-2-1-3-7-17/h4-5,8,11H,1-3,6-7,9,16H2,(H,18,19). The fraction of sp³-hybridized carbons (Fsp3) is 0.500. The van der Waals surface area contributed by atoms with Gasteiger partial charge >= 0.3 is 5.97 Å².